The van der Waals surface area contributed by atoms with Crippen molar-refractivity contribution in [3.8, 4) is 11.4 Å². The number of nitrogens with zero attached hydrogens (tertiary/aromatic N) is 4. The van der Waals surface area contributed by atoms with Crippen molar-refractivity contribution < 1.29 is 0 Å². The average Bonchev–Trinajstić information content (AvgIpc) is 2.91. The molecule has 3 rings (SSSR count). The Balaban J connectivity index is 2.31. The highest BCUT2D eigenvalue weighted by atomic mass is 32.1. The fourth-order valence-electron chi connectivity index (χ4n) is 2.08. The Labute approximate surface area is 109 Å². The molecule has 0 aliphatic carbocycles. The lowest BCUT2D eigenvalue weighted by Crippen LogP contribution is -1.96. The highest BCUT2D eigenvalue weighted by molar-refractivity contribution is 7.10. The Morgan fingerprint density at radius 2 is 2.22 bits per heavy atom. The van der Waals surface area contributed by atoms with E-state index in [1.165, 1.54) is 11.5 Å². The average molecular weight is 259 g/mol. The van der Waals surface area contributed by atoms with Gasteiger partial charge in [0.2, 0.25) is 0 Å². The molecule has 0 fully saturated rings. The van der Waals surface area contributed by atoms with Crippen LogP contribution in [0.4, 0.5) is 5.00 Å². The quantitative estimate of drug-likeness (QED) is 0.768. The van der Waals surface area contributed by atoms with Crippen LogP contribution in [0.2, 0.25) is 0 Å². The van der Waals surface area contributed by atoms with Gasteiger partial charge in [0.05, 0.1) is 23.0 Å². The number of imidazole rings is 1. The molecule has 0 radical (unpaired) electrons. The molecule has 0 aliphatic heterocycles. The molecule has 0 atom stereocenters. The van der Waals surface area contributed by atoms with Crippen molar-refractivity contribution in [2.24, 2.45) is 7.05 Å². The van der Waals surface area contributed by atoms with E-state index in [0.29, 0.717) is 0 Å². The first-order valence-corrected chi connectivity index (χ1v) is 6.40. The van der Waals surface area contributed by atoms with Crippen LogP contribution in [-0.2, 0) is 7.05 Å². The molecule has 0 saturated carbocycles. The van der Waals surface area contributed by atoms with Crippen LogP contribution in [0.5, 0.6) is 0 Å². The van der Waals surface area contributed by atoms with Gasteiger partial charge in [-0.2, -0.15) is 4.37 Å². The lowest BCUT2D eigenvalue weighted by Gasteiger charge is -2.04. The number of rotatable bonds is 2. The lowest BCUT2D eigenvalue weighted by molar-refractivity contribution is 0.957. The smallest absolute Gasteiger partial charge is 0.145 e. The summed E-state index contributed by atoms with van der Waals surface area (Å²) in [6, 6.07) is 1.97. The number of fused-ring (bicyclic) bond motifs is 1. The van der Waals surface area contributed by atoms with Crippen molar-refractivity contribution in [3.63, 3.8) is 0 Å². The Morgan fingerprint density at radius 1 is 1.39 bits per heavy atom. The predicted molar refractivity (Wildman–Crippen MR) is 73.9 cm³/mol. The number of aryl methyl sites for hydroxylation is 2. The molecule has 92 valence electrons. The van der Waals surface area contributed by atoms with E-state index in [1.807, 2.05) is 27.1 Å². The van der Waals surface area contributed by atoms with E-state index in [4.69, 9.17) is 0 Å². The molecule has 0 aliphatic rings. The van der Waals surface area contributed by atoms with E-state index in [-0.39, 0.29) is 0 Å². The van der Waals surface area contributed by atoms with Crippen molar-refractivity contribution in [2.75, 3.05) is 12.4 Å². The third-order valence-corrected chi connectivity index (χ3v) is 3.95. The number of pyridine rings is 1. The van der Waals surface area contributed by atoms with Crippen LogP contribution in [0.15, 0.2) is 18.5 Å². The topological polar surface area (TPSA) is 55.6 Å². The van der Waals surface area contributed by atoms with E-state index in [1.54, 1.807) is 12.4 Å². The first-order chi connectivity index (χ1) is 8.72. The number of anilines is 1. The fraction of sp³-hybridized carbons (Fsp3) is 0.250. The Kier molecular flexibility index (Phi) is 2.52. The summed E-state index contributed by atoms with van der Waals surface area (Å²) in [5, 5.41) is 4.21. The van der Waals surface area contributed by atoms with Crippen molar-refractivity contribution in [2.45, 2.75) is 6.92 Å². The van der Waals surface area contributed by atoms with Crippen molar-refractivity contribution in [3.05, 3.63) is 24.2 Å². The maximum Gasteiger partial charge on any atom is 0.145 e. The molecule has 0 unspecified atom stereocenters. The van der Waals surface area contributed by atoms with Crippen LogP contribution in [0.1, 0.15) is 5.69 Å². The van der Waals surface area contributed by atoms with Crippen LogP contribution in [0, 0.1) is 6.92 Å². The summed E-state index contributed by atoms with van der Waals surface area (Å²) in [6.45, 7) is 2.00. The van der Waals surface area contributed by atoms with Gasteiger partial charge in [-0.3, -0.25) is 4.98 Å². The zero-order chi connectivity index (χ0) is 12.7. The second-order valence-electron chi connectivity index (χ2n) is 4.08. The zero-order valence-electron chi connectivity index (χ0n) is 10.4. The lowest BCUT2D eigenvalue weighted by atomic mass is 10.2. The summed E-state index contributed by atoms with van der Waals surface area (Å²) in [7, 11) is 3.92. The van der Waals surface area contributed by atoms with Crippen LogP contribution < -0.4 is 5.32 Å². The SMILES string of the molecule is CNc1snc(C)c1-c1nc2cnccc2n1C. The van der Waals surface area contributed by atoms with Crippen LogP contribution in [0.3, 0.4) is 0 Å². The molecular formula is C12H13N5S. The normalized spacial score (nSPS) is 11.1. The molecule has 0 aromatic carbocycles. The van der Waals surface area contributed by atoms with E-state index < -0.39 is 0 Å². The minimum absolute atomic E-state index is 0.905. The van der Waals surface area contributed by atoms with E-state index >= 15 is 0 Å². The van der Waals surface area contributed by atoms with Gasteiger partial charge < -0.3 is 9.88 Å². The first-order valence-electron chi connectivity index (χ1n) is 5.63. The Bertz CT molecular complexity index is 712. The maximum atomic E-state index is 4.65. The molecule has 1 N–H and O–H groups in total. The highest BCUT2D eigenvalue weighted by Crippen LogP contribution is 2.34. The number of hydrogen-bond donors (Lipinski definition) is 1. The van der Waals surface area contributed by atoms with Gasteiger partial charge in [-0.05, 0) is 24.5 Å². The molecule has 0 bridgehead atoms. The summed E-state index contributed by atoms with van der Waals surface area (Å²) in [4.78, 5) is 8.76. The second-order valence-corrected chi connectivity index (χ2v) is 4.85. The van der Waals surface area contributed by atoms with Gasteiger partial charge in [0.25, 0.3) is 0 Å². The van der Waals surface area contributed by atoms with Crippen molar-refractivity contribution in [1.29, 1.82) is 0 Å². The van der Waals surface area contributed by atoms with E-state index in [9.17, 15) is 0 Å². The van der Waals surface area contributed by atoms with Crippen LogP contribution in [-0.4, -0.2) is 26.0 Å². The largest absolute Gasteiger partial charge is 0.378 e. The second kappa shape index (κ2) is 4.06. The van der Waals surface area contributed by atoms with Crippen molar-refractivity contribution >= 4 is 27.6 Å². The van der Waals surface area contributed by atoms with Gasteiger partial charge in [-0.15, -0.1) is 0 Å². The van der Waals surface area contributed by atoms with Gasteiger partial charge in [0, 0.05) is 20.3 Å². The van der Waals surface area contributed by atoms with Gasteiger partial charge in [0.15, 0.2) is 0 Å². The first kappa shape index (κ1) is 11.2. The Morgan fingerprint density at radius 3 is 2.94 bits per heavy atom. The van der Waals surface area contributed by atoms with E-state index in [0.717, 1.165) is 33.1 Å². The van der Waals surface area contributed by atoms with Gasteiger partial charge in [-0.25, -0.2) is 4.98 Å². The van der Waals surface area contributed by atoms with Crippen LogP contribution in [0.25, 0.3) is 22.4 Å². The molecular weight excluding hydrogens is 246 g/mol. The summed E-state index contributed by atoms with van der Waals surface area (Å²) in [6.07, 6.45) is 3.57. The van der Waals surface area contributed by atoms with Gasteiger partial charge in [0.1, 0.15) is 16.3 Å². The molecule has 0 amide bonds. The summed E-state index contributed by atoms with van der Waals surface area (Å²) in [5.41, 5.74) is 4.05. The Hall–Kier alpha value is -1.95. The third-order valence-electron chi connectivity index (χ3n) is 3.00. The molecule has 18 heavy (non-hydrogen) atoms. The molecule has 6 heteroatoms. The van der Waals surface area contributed by atoms with Gasteiger partial charge in [-0.1, -0.05) is 0 Å². The van der Waals surface area contributed by atoms with E-state index in [2.05, 4.69) is 24.2 Å². The number of hydrogen-bond acceptors (Lipinski definition) is 5. The minimum atomic E-state index is 0.905. The number of nitrogens with one attached hydrogen (secondary N) is 1. The molecule has 0 saturated heterocycles. The molecule has 3 aromatic heterocycles. The minimum Gasteiger partial charge on any atom is -0.378 e. The molecule has 3 aromatic rings. The molecule has 3 heterocycles. The molecule has 0 spiro atoms. The summed E-state index contributed by atoms with van der Waals surface area (Å²) in [5.74, 6) is 0.925. The maximum absolute atomic E-state index is 4.65. The predicted octanol–water partition coefficient (Wildman–Crippen LogP) is 2.44. The van der Waals surface area contributed by atoms with Crippen LogP contribution >= 0.6 is 11.5 Å². The monoisotopic (exact) mass is 259 g/mol. The van der Waals surface area contributed by atoms with Gasteiger partial charge >= 0.3 is 0 Å². The molecule has 5 nitrogen and oxygen atoms in total. The summed E-state index contributed by atoms with van der Waals surface area (Å²) < 4.78 is 6.46. The standard InChI is InChI=1S/C12H13N5S/c1-7-10(12(13-2)18-16-7)11-15-8-6-14-5-4-9(8)17(11)3/h4-6,13H,1-3H3. The van der Waals surface area contributed by atoms with Crippen molar-refractivity contribution in [1.82, 2.24) is 18.9 Å². The highest BCUT2D eigenvalue weighted by Gasteiger charge is 2.18. The zero-order valence-corrected chi connectivity index (χ0v) is 11.2. The number of aromatic nitrogens is 4. The third kappa shape index (κ3) is 1.49. The summed E-state index contributed by atoms with van der Waals surface area (Å²) >= 11 is 1.46. The fourth-order valence-corrected chi connectivity index (χ4v) is 2.82.